The molecular formula is C12H10N2O4. The van der Waals surface area contributed by atoms with Gasteiger partial charge in [-0.15, -0.1) is 0 Å². The monoisotopic (exact) mass is 246 g/mol. The minimum absolute atomic E-state index is 0.189. The Bertz CT molecular complexity index is 579. The molecule has 2 aromatic rings. The lowest BCUT2D eigenvalue weighted by Gasteiger charge is -2.24. The summed E-state index contributed by atoms with van der Waals surface area (Å²) in [5.74, 6) is -1.10. The Kier molecular flexibility index (Phi) is 2.40. The maximum Gasteiger partial charge on any atom is 0.375 e. The van der Waals surface area contributed by atoms with Crippen molar-refractivity contribution in [3.8, 4) is 5.75 Å². The lowest BCUT2D eigenvalue weighted by atomic mass is 10.1. The van der Waals surface area contributed by atoms with E-state index in [-0.39, 0.29) is 17.6 Å². The van der Waals surface area contributed by atoms with E-state index in [1.54, 1.807) is 12.4 Å². The number of nitrogens with zero attached hydrogens (tertiary/aromatic N) is 1. The number of carbonyl (C=O) groups is 1. The Balaban J connectivity index is 1.93. The Morgan fingerprint density at radius 2 is 2.44 bits per heavy atom. The van der Waals surface area contributed by atoms with Gasteiger partial charge in [0.1, 0.15) is 18.1 Å². The van der Waals surface area contributed by atoms with Gasteiger partial charge >= 0.3 is 5.97 Å². The summed E-state index contributed by atoms with van der Waals surface area (Å²) in [5, 5.41) is 12.0. The zero-order chi connectivity index (χ0) is 12.5. The Hall–Kier alpha value is -2.50. The molecule has 0 saturated carbocycles. The average molecular weight is 246 g/mol. The van der Waals surface area contributed by atoms with Gasteiger partial charge in [0.25, 0.3) is 5.76 Å². The van der Waals surface area contributed by atoms with Gasteiger partial charge in [-0.25, -0.2) is 4.79 Å². The number of rotatable bonds is 2. The van der Waals surface area contributed by atoms with Crippen LogP contribution in [0.15, 0.2) is 35.2 Å². The van der Waals surface area contributed by atoms with Crippen LogP contribution in [0.4, 0.5) is 5.69 Å². The molecule has 92 valence electrons. The van der Waals surface area contributed by atoms with Crippen LogP contribution in [0.1, 0.15) is 22.2 Å². The summed E-state index contributed by atoms with van der Waals surface area (Å²) in [6, 6.07) is 3.69. The van der Waals surface area contributed by atoms with E-state index in [1.807, 2.05) is 12.1 Å². The minimum atomic E-state index is -1.15. The van der Waals surface area contributed by atoms with Crippen molar-refractivity contribution < 1.29 is 19.1 Å². The van der Waals surface area contributed by atoms with Gasteiger partial charge in [0, 0.05) is 18.0 Å². The van der Waals surface area contributed by atoms with Gasteiger partial charge in [-0.2, -0.15) is 0 Å². The molecule has 3 heterocycles. The second-order valence-corrected chi connectivity index (χ2v) is 3.89. The van der Waals surface area contributed by atoms with Gasteiger partial charge in [-0.05, 0) is 6.07 Å². The summed E-state index contributed by atoms with van der Waals surface area (Å²) >= 11 is 0. The minimum Gasteiger partial charge on any atom is -0.477 e. The molecule has 6 nitrogen and oxygen atoms in total. The average Bonchev–Trinajstić information content (AvgIpc) is 2.82. The van der Waals surface area contributed by atoms with Crippen LogP contribution in [0, 0.1) is 0 Å². The highest BCUT2D eigenvalue weighted by molar-refractivity contribution is 5.90. The van der Waals surface area contributed by atoms with Crippen molar-refractivity contribution in [1.29, 1.82) is 0 Å². The van der Waals surface area contributed by atoms with Gasteiger partial charge in [-0.3, -0.25) is 4.98 Å². The predicted molar refractivity (Wildman–Crippen MR) is 61.8 cm³/mol. The smallest absolute Gasteiger partial charge is 0.375 e. The highest BCUT2D eigenvalue weighted by Gasteiger charge is 2.29. The van der Waals surface area contributed by atoms with Crippen LogP contribution in [0.5, 0.6) is 5.75 Å². The zero-order valence-corrected chi connectivity index (χ0v) is 9.29. The fraction of sp³-hybridized carbons (Fsp3) is 0.167. The number of furan rings is 1. The van der Waals surface area contributed by atoms with Crippen molar-refractivity contribution in [3.63, 3.8) is 0 Å². The van der Waals surface area contributed by atoms with Crippen LogP contribution >= 0.6 is 0 Å². The molecule has 0 aromatic carbocycles. The van der Waals surface area contributed by atoms with Gasteiger partial charge < -0.3 is 19.6 Å². The van der Waals surface area contributed by atoms with E-state index in [9.17, 15) is 4.79 Å². The highest BCUT2D eigenvalue weighted by Crippen LogP contribution is 2.38. The largest absolute Gasteiger partial charge is 0.477 e. The maximum absolute atomic E-state index is 11.0. The number of aromatic nitrogens is 1. The molecule has 0 bridgehead atoms. The number of carboxylic acids is 1. The van der Waals surface area contributed by atoms with E-state index in [1.165, 1.54) is 6.26 Å². The summed E-state index contributed by atoms with van der Waals surface area (Å²) in [4.78, 5) is 15.0. The summed E-state index contributed by atoms with van der Waals surface area (Å²) < 4.78 is 10.6. The van der Waals surface area contributed by atoms with E-state index in [0.29, 0.717) is 12.2 Å². The van der Waals surface area contributed by atoms with E-state index in [4.69, 9.17) is 14.3 Å². The van der Waals surface area contributed by atoms with Gasteiger partial charge in [-0.1, -0.05) is 6.07 Å². The summed E-state index contributed by atoms with van der Waals surface area (Å²) in [6.07, 6.45) is 4.43. The first-order chi connectivity index (χ1) is 8.75. The standard InChI is InChI=1S/C12H10N2O4/c15-12(16)11-10-8(6-17-11)14-5-9(18-10)7-2-1-3-13-4-7/h1-4,6,9,14H,5H2,(H,15,16). The number of hydrogen-bond acceptors (Lipinski definition) is 5. The number of aromatic carboxylic acids is 1. The molecule has 0 spiro atoms. The third-order valence-electron chi connectivity index (χ3n) is 2.73. The number of nitrogens with one attached hydrogen (secondary N) is 1. The number of pyridine rings is 1. The first-order valence-corrected chi connectivity index (χ1v) is 5.41. The number of hydrogen-bond donors (Lipinski definition) is 2. The van der Waals surface area contributed by atoms with E-state index in [0.717, 1.165) is 5.56 Å². The van der Waals surface area contributed by atoms with Gasteiger partial charge in [0.2, 0.25) is 0 Å². The maximum atomic E-state index is 11.0. The van der Waals surface area contributed by atoms with Crippen molar-refractivity contribution in [1.82, 2.24) is 4.98 Å². The van der Waals surface area contributed by atoms with Crippen LogP contribution in [0.3, 0.4) is 0 Å². The molecule has 18 heavy (non-hydrogen) atoms. The van der Waals surface area contributed by atoms with Crippen LogP contribution in [-0.2, 0) is 0 Å². The second kappa shape index (κ2) is 4.06. The normalized spacial score (nSPS) is 17.4. The van der Waals surface area contributed by atoms with Crippen molar-refractivity contribution in [2.24, 2.45) is 0 Å². The molecule has 2 aromatic heterocycles. The van der Waals surface area contributed by atoms with Crippen LogP contribution in [0.25, 0.3) is 0 Å². The van der Waals surface area contributed by atoms with Crippen molar-refractivity contribution >= 4 is 11.7 Å². The SMILES string of the molecule is O=C(O)c1occ2c1OC(c1cccnc1)CN2. The van der Waals surface area contributed by atoms with E-state index in [2.05, 4.69) is 10.3 Å². The van der Waals surface area contributed by atoms with Crippen molar-refractivity contribution in [2.75, 3.05) is 11.9 Å². The number of fused-ring (bicyclic) bond motifs is 1. The summed E-state index contributed by atoms with van der Waals surface area (Å²) in [7, 11) is 0. The number of anilines is 1. The van der Waals surface area contributed by atoms with E-state index >= 15 is 0 Å². The lowest BCUT2D eigenvalue weighted by molar-refractivity contribution is 0.0651. The molecular weight excluding hydrogens is 236 g/mol. The topological polar surface area (TPSA) is 84.6 Å². The third kappa shape index (κ3) is 1.67. The number of ether oxygens (including phenoxy) is 1. The molecule has 0 aliphatic carbocycles. The summed E-state index contributed by atoms with van der Waals surface area (Å²) in [6.45, 7) is 0.539. The molecule has 3 rings (SSSR count). The molecule has 0 radical (unpaired) electrons. The molecule has 6 heteroatoms. The fourth-order valence-corrected chi connectivity index (χ4v) is 1.87. The van der Waals surface area contributed by atoms with Gasteiger partial charge in [0.15, 0.2) is 5.75 Å². The van der Waals surface area contributed by atoms with Gasteiger partial charge in [0.05, 0.1) is 6.54 Å². The Morgan fingerprint density at radius 3 is 3.17 bits per heavy atom. The Labute approximate surface area is 102 Å². The number of carboxylic acid groups (broad SMARTS) is 1. The first-order valence-electron chi connectivity index (χ1n) is 5.41. The fourth-order valence-electron chi connectivity index (χ4n) is 1.87. The lowest BCUT2D eigenvalue weighted by Crippen LogP contribution is -2.23. The zero-order valence-electron chi connectivity index (χ0n) is 9.29. The quantitative estimate of drug-likeness (QED) is 0.842. The second-order valence-electron chi connectivity index (χ2n) is 3.89. The molecule has 0 saturated heterocycles. The van der Waals surface area contributed by atoms with Crippen molar-refractivity contribution in [3.05, 3.63) is 42.1 Å². The van der Waals surface area contributed by atoms with Crippen LogP contribution in [0.2, 0.25) is 0 Å². The Morgan fingerprint density at radius 1 is 1.56 bits per heavy atom. The molecule has 0 fully saturated rings. The predicted octanol–water partition coefficient (Wildman–Crippen LogP) is 1.92. The van der Waals surface area contributed by atoms with Crippen LogP contribution < -0.4 is 10.1 Å². The first kappa shape index (κ1) is 10.6. The molecule has 2 N–H and O–H groups in total. The molecule has 1 unspecified atom stereocenters. The molecule has 0 amide bonds. The highest BCUT2D eigenvalue weighted by atomic mass is 16.5. The van der Waals surface area contributed by atoms with Crippen LogP contribution in [-0.4, -0.2) is 22.6 Å². The molecule has 1 aliphatic heterocycles. The summed E-state index contributed by atoms with van der Waals surface area (Å²) in [5.41, 5.74) is 1.45. The van der Waals surface area contributed by atoms with E-state index < -0.39 is 5.97 Å². The molecule has 1 atom stereocenters. The molecule has 1 aliphatic rings. The van der Waals surface area contributed by atoms with Crippen molar-refractivity contribution in [2.45, 2.75) is 6.10 Å². The third-order valence-corrected chi connectivity index (χ3v) is 2.73.